The highest BCUT2D eigenvalue weighted by molar-refractivity contribution is 7.17. The molecule has 0 aliphatic carbocycles. The van der Waals surface area contributed by atoms with Gasteiger partial charge < -0.3 is 10.2 Å². The minimum Gasteiger partial charge on any atom is -0.316 e. The van der Waals surface area contributed by atoms with Crippen LogP contribution in [0.2, 0.25) is 0 Å². The van der Waals surface area contributed by atoms with Crippen LogP contribution in [0, 0.1) is 5.92 Å². The molecule has 2 saturated heterocycles. The second-order valence-corrected chi connectivity index (χ2v) is 7.02. The van der Waals surface area contributed by atoms with E-state index in [0.29, 0.717) is 5.92 Å². The summed E-state index contributed by atoms with van der Waals surface area (Å²) in [4.78, 5) is 2.67. The molecule has 3 rings (SSSR count). The van der Waals surface area contributed by atoms with E-state index < -0.39 is 0 Å². The van der Waals surface area contributed by atoms with Crippen LogP contribution in [-0.2, 0) is 0 Å². The van der Waals surface area contributed by atoms with Crippen molar-refractivity contribution >= 4 is 9.24 Å². The van der Waals surface area contributed by atoms with Gasteiger partial charge in [-0.3, -0.25) is 0 Å². The summed E-state index contributed by atoms with van der Waals surface area (Å²) in [5.74, 6) is 1.48. The number of benzene rings is 1. The first kappa shape index (κ1) is 13.5. The molecule has 1 N–H and O–H groups in total. The highest BCUT2D eigenvalue weighted by Gasteiger charge is 2.30. The Hall–Kier alpha value is -0.430. The summed E-state index contributed by atoms with van der Waals surface area (Å²) in [5, 5.41) is 3.59. The maximum atomic E-state index is 3.59. The molecule has 2 fully saturated rings. The molecule has 19 heavy (non-hydrogen) atoms. The molecule has 1 aromatic carbocycles. The predicted octanol–water partition coefficient (Wildman–Crippen LogP) is 2.33. The molecule has 1 aromatic rings. The van der Waals surface area contributed by atoms with Gasteiger partial charge in [0.05, 0.1) is 0 Å². The monoisotopic (exact) mass is 276 g/mol. The summed E-state index contributed by atoms with van der Waals surface area (Å²) in [6.07, 6.45) is 2.70. The van der Waals surface area contributed by atoms with Gasteiger partial charge in [0.1, 0.15) is 0 Å². The average molecular weight is 276 g/mol. The highest BCUT2D eigenvalue weighted by Crippen LogP contribution is 2.29. The van der Waals surface area contributed by atoms with Crippen LogP contribution in [0.5, 0.6) is 0 Å². The van der Waals surface area contributed by atoms with Gasteiger partial charge in [-0.25, -0.2) is 0 Å². The van der Waals surface area contributed by atoms with E-state index in [-0.39, 0.29) is 0 Å². The van der Waals surface area contributed by atoms with Crippen LogP contribution in [-0.4, -0.2) is 43.3 Å². The number of nitrogens with one attached hydrogen (secondary N) is 1. The minimum absolute atomic E-state index is 0.704. The SMILES string of the molecule is PC1CCN(CC2CNC[C@@H]2c2ccccc2)CC1. The van der Waals surface area contributed by atoms with E-state index in [1.165, 1.54) is 44.6 Å². The normalized spacial score (nSPS) is 29.7. The Balaban J connectivity index is 1.61. The van der Waals surface area contributed by atoms with Crippen molar-refractivity contribution in [3.05, 3.63) is 35.9 Å². The lowest BCUT2D eigenvalue weighted by Gasteiger charge is -2.33. The van der Waals surface area contributed by atoms with E-state index >= 15 is 0 Å². The van der Waals surface area contributed by atoms with Crippen molar-refractivity contribution in [1.82, 2.24) is 10.2 Å². The molecule has 0 radical (unpaired) electrons. The molecule has 3 atom stereocenters. The molecule has 2 aliphatic heterocycles. The van der Waals surface area contributed by atoms with Gasteiger partial charge in [0, 0.05) is 19.0 Å². The quantitative estimate of drug-likeness (QED) is 0.852. The Labute approximate surface area is 119 Å². The van der Waals surface area contributed by atoms with Crippen molar-refractivity contribution in [3.8, 4) is 0 Å². The molecule has 104 valence electrons. The van der Waals surface area contributed by atoms with E-state index in [9.17, 15) is 0 Å². The number of hydrogen-bond acceptors (Lipinski definition) is 2. The molecule has 3 heteroatoms. The van der Waals surface area contributed by atoms with Crippen LogP contribution < -0.4 is 5.32 Å². The van der Waals surface area contributed by atoms with Crippen LogP contribution in [0.25, 0.3) is 0 Å². The van der Waals surface area contributed by atoms with Crippen molar-refractivity contribution in [2.24, 2.45) is 5.92 Å². The molecule has 2 nitrogen and oxygen atoms in total. The fourth-order valence-corrected chi connectivity index (χ4v) is 3.78. The second-order valence-electron chi connectivity index (χ2n) is 6.07. The zero-order valence-electron chi connectivity index (χ0n) is 11.6. The first-order chi connectivity index (χ1) is 9.33. The lowest BCUT2D eigenvalue weighted by atomic mass is 9.88. The molecular weight excluding hydrogens is 251 g/mol. The van der Waals surface area contributed by atoms with Crippen molar-refractivity contribution in [1.29, 1.82) is 0 Å². The number of rotatable bonds is 3. The van der Waals surface area contributed by atoms with Gasteiger partial charge in [0.2, 0.25) is 0 Å². The van der Waals surface area contributed by atoms with Crippen LogP contribution in [0.4, 0.5) is 0 Å². The van der Waals surface area contributed by atoms with E-state index in [1.54, 1.807) is 0 Å². The molecule has 2 heterocycles. The van der Waals surface area contributed by atoms with Crippen LogP contribution in [0.1, 0.15) is 24.3 Å². The Morgan fingerprint density at radius 1 is 1.11 bits per heavy atom. The van der Waals surface area contributed by atoms with Gasteiger partial charge in [-0.05, 0) is 49.6 Å². The maximum absolute atomic E-state index is 3.59. The molecule has 0 aromatic heterocycles. The van der Waals surface area contributed by atoms with Crippen molar-refractivity contribution in [2.75, 3.05) is 32.7 Å². The fourth-order valence-electron chi connectivity index (χ4n) is 3.48. The molecular formula is C16H25N2P. The Bertz CT molecular complexity index is 387. The van der Waals surface area contributed by atoms with Gasteiger partial charge in [-0.2, -0.15) is 0 Å². The smallest absolute Gasteiger partial charge is 0.00282 e. The zero-order valence-corrected chi connectivity index (χ0v) is 12.7. The maximum Gasteiger partial charge on any atom is 0.00282 e. The summed E-state index contributed by atoms with van der Waals surface area (Å²) in [7, 11) is 2.99. The number of hydrogen-bond donors (Lipinski definition) is 1. The molecule has 2 aliphatic rings. The van der Waals surface area contributed by atoms with E-state index in [4.69, 9.17) is 0 Å². The van der Waals surface area contributed by atoms with E-state index in [2.05, 4.69) is 49.8 Å². The fraction of sp³-hybridized carbons (Fsp3) is 0.625. The number of likely N-dealkylation sites (tertiary alicyclic amines) is 1. The summed E-state index contributed by atoms with van der Waals surface area (Å²) in [6.45, 7) is 6.16. The van der Waals surface area contributed by atoms with Gasteiger partial charge in [0.15, 0.2) is 0 Å². The predicted molar refractivity (Wildman–Crippen MR) is 84.7 cm³/mol. The van der Waals surface area contributed by atoms with E-state index in [1.807, 2.05) is 0 Å². The van der Waals surface area contributed by atoms with Gasteiger partial charge in [-0.1, -0.05) is 30.3 Å². The third kappa shape index (κ3) is 3.37. The van der Waals surface area contributed by atoms with Crippen LogP contribution in [0.3, 0.4) is 0 Å². The Morgan fingerprint density at radius 3 is 2.58 bits per heavy atom. The zero-order chi connectivity index (χ0) is 13.1. The standard InChI is InChI=1S/C16H25N2P/c19-15-6-8-18(9-7-15)12-14-10-17-11-16(14)13-4-2-1-3-5-13/h1-5,14-17H,6-12,19H2/t14?,16-/m1/s1. The van der Waals surface area contributed by atoms with Gasteiger partial charge >= 0.3 is 0 Å². The van der Waals surface area contributed by atoms with Crippen molar-refractivity contribution < 1.29 is 0 Å². The highest BCUT2D eigenvalue weighted by atomic mass is 31.0. The van der Waals surface area contributed by atoms with Crippen LogP contribution in [0.15, 0.2) is 30.3 Å². The average Bonchev–Trinajstić information content (AvgIpc) is 2.90. The molecule has 0 bridgehead atoms. The second kappa shape index (κ2) is 6.35. The molecule has 0 spiro atoms. The topological polar surface area (TPSA) is 15.3 Å². The van der Waals surface area contributed by atoms with Crippen molar-refractivity contribution in [3.63, 3.8) is 0 Å². The number of piperidine rings is 1. The molecule has 0 saturated carbocycles. The third-order valence-corrected chi connectivity index (χ3v) is 5.36. The minimum atomic E-state index is 0.704. The van der Waals surface area contributed by atoms with Gasteiger partial charge in [-0.15, -0.1) is 9.24 Å². The molecule has 0 amide bonds. The van der Waals surface area contributed by atoms with Crippen LogP contribution >= 0.6 is 9.24 Å². The summed E-state index contributed by atoms with van der Waals surface area (Å²) >= 11 is 0. The van der Waals surface area contributed by atoms with Gasteiger partial charge in [0.25, 0.3) is 0 Å². The van der Waals surface area contributed by atoms with Crippen molar-refractivity contribution in [2.45, 2.75) is 24.4 Å². The summed E-state index contributed by atoms with van der Waals surface area (Å²) in [6, 6.07) is 11.0. The Kier molecular flexibility index (Phi) is 4.53. The molecule has 2 unspecified atom stereocenters. The summed E-state index contributed by atoms with van der Waals surface area (Å²) < 4.78 is 0. The first-order valence-corrected chi connectivity index (χ1v) is 8.23. The lowest BCUT2D eigenvalue weighted by Crippen LogP contribution is -2.38. The largest absolute Gasteiger partial charge is 0.316 e. The number of nitrogens with zero attached hydrogens (tertiary/aromatic N) is 1. The Morgan fingerprint density at radius 2 is 1.84 bits per heavy atom. The van der Waals surface area contributed by atoms with E-state index in [0.717, 1.165) is 18.1 Å². The lowest BCUT2D eigenvalue weighted by molar-refractivity contribution is 0.197. The first-order valence-electron chi connectivity index (χ1n) is 7.56. The third-order valence-electron chi connectivity index (χ3n) is 4.69. The summed E-state index contributed by atoms with van der Waals surface area (Å²) in [5.41, 5.74) is 2.36.